The number of carbonyl (C=O) groups is 2. The Morgan fingerprint density at radius 1 is 1.56 bits per heavy atom. The summed E-state index contributed by atoms with van der Waals surface area (Å²) in [5.74, 6) is -1.59. The molecule has 1 aromatic rings. The molecule has 1 amide bonds. The van der Waals surface area contributed by atoms with Crippen molar-refractivity contribution in [3.8, 4) is 0 Å². The van der Waals surface area contributed by atoms with E-state index in [1.54, 1.807) is 6.92 Å². The second-order valence-electron chi connectivity index (χ2n) is 4.64. The van der Waals surface area contributed by atoms with E-state index >= 15 is 0 Å². The first-order valence-electron chi connectivity index (χ1n) is 5.57. The van der Waals surface area contributed by atoms with Crippen molar-refractivity contribution in [3.05, 3.63) is 5.69 Å². The summed E-state index contributed by atoms with van der Waals surface area (Å²) in [5.41, 5.74) is 4.33. The van der Waals surface area contributed by atoms with Crippen molar-refractivity contribution in [1.82, 2.24) is 15.6 Å². The van der Waals surface area contributed by atoms with Crippen LogP contribution in [-0.2, 0) is 4.79 Å². The van der Waals surface area contributed by atoms with Gasteiger partial charge in [0.15, 0.2) is 0 Å². The third kappa shape index (κ3) is 1.89. The van der Waals surface area contributed by atoms with Gasteiger partial charge in [-0.15, -0.1) is 0 Å². The van der Waals surface area contributed by atoms with Gasteiger partial charge < -0.3 is 16.2 Å². The van der Waals surface area contributed by atoms with Gasteiger partial charge in [0.1, 0.15) is 0 Å². The summed E-state index contributed by atoms with van der Waals surface area (Å²) in [6, 6.07) is -0.446. The van der Waals surface area contributed by atoms with Gasteiger partial charge in [-0.3, -0.25) is 9.59 Å². The molecule has 1 aromatic heterocycles. The summed E-state index contributed by atoms with van der Waals surface area (Å²) in [5, 5.41) is 18.5. The fourth-order valence-corrected chi connectivity index (χ4v) is 2.23. The molecule has 2 atom stereocenters. The van der Waals surface area contributed by atoms with E-state index in [4.69, 9.17) is 5.73 Å². The van der Waals surface area contributed by atoms with Crippen LogP contribution in [0.1, 0.15) is 36.7 Å². The number of carboxylic acid groups (broad SMARTS) is 1. The summed E-state index contributed by atoms with van der Waals surface area (Å²) < 4.78 is 4.33. The highest BCUT2D eigenvalue weighted by Crippen LogP contribution is 2.38. The normalized spacial score (nSPS) is 27.1. The molecule has 0 radical (unpaired) electrons. The van der Waals surface area contributed by atoms with Gasteiger partial charge in [0.05, 0.1) is 5.41 Å². The minimum atomic E-state index is -0.957. The lowest BCUT2D eigenvalue weighted by atomic mass is 9.85. The number of amides is 1. The maximum absolute atomic E-state index is 11.8. The predicted molar refractivity (Wildman–Crippen MR) is 59.6 cm³/mol. The molecule has 0 aromatic carbocycles. The van der Waals surface area contributed by atoms with Gasteiger partial charge in [0.2, 0.25) is 11.5 Å². The molecule has 8 heteroatoms. The SMILES string of the molecule is CC1(C(=O)O)CCCC1NC(=O)c1nonc1N. The highest BCUT2D eigenvalue weighted by atomic mass is 16.6. The number of carbonyl (C=O) groups excluding carboxylic acids is 1. The molecule has 1 heterocycles. The Morgan fingerprint density at radius 3 is 2.83 bits per heavy atom. The number of nitrogens with one attached hydrogen (secondary N) is 1. The second-order valence-corrected chi connectivity index (χ2v) is 4.64. The van der Waals surface area contributed by atoms with Crippen LogP contribution in [0.5, 0.6) is 0 Å². The molecule has 0 spiro atoms. The molecule has 98 valence electrons. The predicted octanol–water partition coefficient (Wildman–Crippen LogP) is 0.0250. The second kappa shape index (κ2) is 4.28. The average Bonchev–Trinajstić information content (AvgIpc) is 2.87. The Balaban J connectivity index is 2.13. The number of aliphatic carboxylic acids is 1. The summed E-state index contributed by atoms with van der Waals surface area (Å²) >= 11 is 0. The van der Waals surface area contributed by atoms with Crippen LogP contribution in [0.15, 0.2) is 4.63 Å². The zero-order chi connectivity index (χ0) is 13.3. The first kappa shape index (κ1) is 12.3. The fraction of sp³-hybridized carbons (Fsp3) is 0.600. The number of anilines is 1. The Morgan fingerprint density at radius 2 is 2.28 bits per heavy atom. The monoisotopic (exact) mass is 254 g/mol. The summed E-state index contributed by atoms with van der Waals surface area (Å²) in [6.45, 7) is 1.62. The molecular formula is C10H14N4O4. The van der Waals surface area contributed by atoms with Crippen molar-refractivity contribution >= 4 is 17.7 Å². The number of hydrogen-bond donors (Lipinski definition) is 3. The quantitative estimate of drug-likeness (QED) is 0.693. The molecule has 0 aliphatic heterocycles. The molecule has 0 saturated heterocycles. The molecule has 1 saturated carbocycles. The number of hydrogen-bond acceptors (Lipinski definition) is 6. The summed E-state index contributed by atoms with van der Waals surface area (Å²) in [7, 11) is 0. The first-order chi connectivity index (χ1) is 8.45. The van der Waals surface area contributed by atoms with Gasteiger partial charge in [-0.25, -0.2) is 4.63 Å². The topological polar surface area (TPSA) is 131 Å². The number of nitrogen functional groups attached to an aromatic ring is 1. The van der Waals surface area contributed by atoms with Crippen LogP contribution >= 0.6 is 0 Å². The van der Waals surface area contributed by atoms with E-state index in [0.29, 0.717) is 12.8 Å². The third-order valence-corrected chi connectivity index (χ3v) is 3.48. The van der Waals surface area contributed by atoms with Crippen LogP contribution < -0.4 is 11.1 Å². The van der Waals surface area contributed by atoms with Crippen LogP contribution in [0.2, 0.25) is 0 Å². The maximum atomic E-state index is 11.8. The average molecular weight is 254 g/mol. The van der Waals surface area contributed by atoms with Crippen LogP contribution in [-0.4, -0.2) is 33.3 Å². The van der Waals surface area contributed by atoms with Gasteiger partial charge >= 0.3 is 5.97 Å². The van der Waals surface area contributed by atoms with E-state index in [-0.39, 0.29) is 11.5 Å². The van der Waals surface area contributed by atoms with Gasteiger partial charge in [-0.05, 0) is 30.1 Å². The molecule has 1 fully saturated rings. The number of nitrogens with two attached hydrogens (primary N) is 1. The van der Waals surface area contributed by atoms with Crippen molar-refractivity contribution < 1.29 is 19.3 Å². The van der Waals surface area contributed by atoms with Crippen molar-refractivity contribution in [1.29, 1.82) is 0 Å². The van der Waals surface area contributed by atoms with Crippen molar-refractivity contribution in [2.24, 2.45) is 5.41 Å². The van der Waals surface area contributed by atoms with Gasteiger partial charge in [-0.2, -0.15) is 0 Å². The summed E-state index contributed by atoms with van der Waals surface area (Å²) in [4.78, 5) is 23.1. The van der Waals surface area contributed by atoms with E-state index in [1.165, 1.54) is 0 Å². The van der Waals surface area contributed by atoms with Crippen LogP contribution in [0, 0.1) is 5.41 Å². The zero-order valence-corrected chi connectivity index (χ0v) is 9.84. The molecule has 1 aliphatic carbocycles. The first-order valence-corrected chi connectivity index (χ1v) is 5.57. The van der Waals surface area contributed by atoms with Crippen LogP contribution in [0.25, 0.3) is 0 Å². The summed E-state index contributed by atoms with van der Waals surface area (Å²) in [6.07, 6.45) is 1.89. The fourth-order valence-electron chi connectivity index (χ4n) is 2.23. The number of rotatable bonds is 3. The smallest absolute Gasteiger partial charge is 0.311 e. The van der Waals surface area contributed by atoms with Crippen LogP contribution in [0.4, 0.5) is 5.82 Å². The number of aromatic nitrogens is 2. The molecule has 8 nitrogen and oxygen atoms in total. The highest BCUT2D eigenvalue weighted by molar-refractivity contribution is 5.96. The van der Waals surface area contributed by atoms with E-state index in [1.807, 2.05) is 0 Å². The van der Waals surface area contributed by atoms with Gasteiger partial charge in [-0.1, -0.05) is 6.42 Å². The van der Waals surface area contributed by atoms with E-state index in [0.717, 1.165) is 6.42 Å². The van der Waals surface area contributed by atoms with Gasteiger partial charge in [0.25, 0.3) is 5.91 Å². The molecule has 2 rings (SSSR count). The lowest BCUT2D eigenvalue weighted by Gasteiger charge is -2.27. The van der Waals surface area contributed by atoms with Crippen molar-refractivity contribution in [3.63, 3.8) is 0 Å². The molecule has 2 unspecified atom stereocenters. The Kier molecular flexibility index (Phi) is 2.93. The molecule has 0 bridgehead atoms. The van der Waals surface area contributed by atoms with Gasteiger partial charge in [0, 0.05) is 6.04 Å². The number of nitrogens with zero attached hydrogens (tertiary/aromatic N) is 2. The molecule has 18 heavy (non-hydrogen) atoms. The Bertz CT molecular complexity index is 486. The zero-order valence-electron chi connectivity index (χ0n) is 9.84. The van der Waals surface area contributed by atoms with E-state index in [9.17, 15) is 14.7 Å². The molecular weight excluding hydrogens is 240 g/mol. The Labute approximate surface area is 102 Å². The third-order valence-electron chi connectivity index (χ3n) is 3.48. The highest BCUT2D eigenvalue weighted by Gasteiger charge is 2.46. The maximum Gasteiger partial charge on any atom is 0.311 e. The lowest BCUT2D eigenvalue weighted by molar-refractivity contribution is -0.148. The standard InChI is InChI=1S/C10H14N4O4/c1-10(9(16)17)4-2-3-5(10)12-8(15)6-7(11)14-18-13-6/h5H,2-4H2,1H3,(H2,11,14)(H,12,15)(H,16,17). The van der Waals surface area contributed by atoms with Crippen molar-refractivity contribution in [2.45, 2.75) is 32.2 Å². The van der Waals surface area contributed by atoms with Crippen molar-refractivity contribution in [2.75, 3.05) is 5.73 Å². The molecule has 4 N–H and O–H groups in total. The van der Waals surface area contributed by atoms with Crippen LogP contribution in [0.3, 0.4) is 0 Å². The number of carboxylic acids is 1. The Hall–Kier alpha value is -2.12. The minimum Gasteiger partial charge on any atom is -0.481 e. The largest absolute Gasteiger partial charge is 0.481 e. The minimum absolute atomic E-state index is 0.109. The molecule has 1 aliphatic rings. The lowest BCUT2D eigenvalue weighted by Crippen LogP contribution is -2.47. The van der Waals surface area contributed by atoms with E-state index < -0.39 is 23.3 Å². The van der Waals surface area contributed by atoms with E-state index in [2.05, 4.69) is 20.3 Å².